The van der Waals surface area contributed by atoms with Gasteiger partial charge >= 0.3 is 5.97 Å². The number of esters is 1. The van der Waals surface area contributed by atoms with Crippen molar-refractivity contribution in [3.05, 3.63) is 12.7 Å². The van der Waals surface area contributed by atoms with Gasteiger partial charge in [0.2, 0.25) is 0 Å². The summed E-state index contributed by atoms with van der Waals surface area (Å²) in [5.74, 6) is -0.158. The molecule has 0 N–H and O–H groups in total. The van der Waals surface area contributed by atoms with Crippen LogP contribution < -0.4 is 0 Å². The van der Waals surface area contributed by atoms with Crippen molar-refractivity contribution in [1.29, 1.82) is 0 Å². The molecular weight excluding hydrogens is 280 g/mol. The number of carbonyl (C=O) groups excluding carboxylic acids is 1. The molecule has 0 saturated carbocycles. The van der Waals surface area contributed by atoms with Gasteiger partial charge in [-0.2, -0.15) is 0 Å². The highest BCUT2D eigenvalue weighted by Crippen LogP contribution is 2.09. The number of carbonyl (C=O) groups is 1. The third-order valence-corrected chi connectivity index (χ3v) is 3.00. The number of halogens is 1. The summed E-state index contributed by atoms with van der Waals surface area (Å²) in [4.78, 5) is 10.9. The van der Waals surface area contributed by atoms with Crippen molar-refractivity contribution in [2.24, 2.45) is 0 Å². The van der Waals surface area contributed by atoms with Gasteiger partial charge in [0.15, 0.2) is 0 Å². The molecule has 0 aliphatic heterocycles. The molecule has 0 aliphatic carbocycles. The number of hydrogen-bond donors (Lipinski definition) is 0. The predicted octanol–water partition coefficient (Wildman–Crippen LogP) is 4.62. The van der Waals surface area contributed by atoms with Gasteiger partial charge < -0.3 is 4.74 Å². The van der Waals surface area contributed by atoms with E-state index in [1.807, 2.05) is 6.08 Å². The number of allylic oxidation sites excluding steroid dienone is 1. The molecule has 1 unspecified atom stereocenters. The van der Waals surface area contributed by atoms with E-state index in [1.54, 1.807) is 6.92 Å². The van der Waals surface area contributed by atoms with E-state index < -0.39 is 0 Å². The quantitative estimate of drug-likeness (QED) is 0.241. The summed E-state index contributed by atoms with van der Waals surface area (Å²) in [5.41, 5.74) is 0. The van der Waals surface area contributed by atoms with Crippen molar-refractivity contribution in [2.75, 3.05) is 6.61 Å². The van der Waals surface area contributed by atoms with Crippen LogP contribution in [0.15, 0.2) is 12.7 Å². The predicted molar refractivity (Wildman–Crippen MR) is 76.5 cm³/mol. The van der Waals surface area contributed by atoms with E-state index in [4.69, 9.17) is 4.74 Å². The van der Waals surface area contributed by atoms with E-state index in [0.29, 0.717) is 6.61 Å². The fourth-order valence-electron chi connectivity index (χ4n) is 1.56. The van der Waals surface area contributed by atoms with E-state index in [1.165, 1.54) is 32.1 Å². The minimum atomic E-state index is -0.188. The highest BCUT2D eigenvalue weighted by molar-refractivity contribution is 9.10. The van der Waals surface area contributed by atoms with Crippen LogP contribution in [0.4, 0.5) is 0 Å². The van der Waals surface area contributed by atoms with E-state index in [2.05, 4.69) is 22.5 Å². The lowest BCUT2D eigenvalue weighted by molar-refractivity contribution is -0.142. The fourth-order valence-corrected chi connectivity index (χ4v) is 1.69. The normalized spacial score (nSPS) is 12.1. The second-order valence-electron chi connectivity index (χ2n) is 4.34. The van der Waals surface area contributed by atoms with Crippen molar-refractivity contribution in [3.8, 4) is 0 Å². The highest BCUT2D eigenvalue weighted by Gasteiger charge is 2.08. The molecule has 0 bridgehead atoms. The zero-order valence-electron chi connectivity index (χ0n) is 10.9. The maximum absolute atomic E-state index is 11.1. The Hall–Kier alpha value is -0.310. The Morgan fingerprint density at radius 2 is 1.71 bits per heavy atom. The van der Waals surface area contributed by atoms with E-state index in [9.17, 15) is 4.79 Å². The second-order valence-corrected chi connectivity index (χ2v) is 5.71. The molecule has 0 aromatic heterocycles. The van der Waals surface area contributed by atoms with Crippen LogP contribution in [0.25, 0.3) is 0 Å². The molecule has 0 radical (unpaired) electrons. The first kappa shape index (κ1) is 16.7. The van der Waals surface area contributed by atoms with Crippen LogP contribution >= 0.6 is 15.9 Å². The van der Waals surface area contributed by atoms with Gasteiger partial charge in [-0.05, 0) is 26.2 Å². The fraction of sp³-hybridized carbons (Fsp3) is 0.786. The molecule has 0 fully saturated rings. The van der Waals surface area contributed by atoms with Gasteiger partial charge in [-0.15, -0.1) is 6.58 Å². The van der Waals surface area contributed by atoms with Gasteiger partial charge in [0.05, 0.1) is 6.61 Å². The molecule has 0 amide bonds. The molecule has 0 spiro atoms. The first-order chi connectivity index (χ1) is 8.18. The van der Waals surface area contributed by atoms with Gasteiger partial charge in [0, 0.05) is 0 Å². The third kappa shape index (κ3) is 11.9. The third-order valence-electron chi connectivity index (χ3n) is 2.62. The Kier molecular flexibility index (Phi) is 11.9. The smallest absolute Gasteiger partial charge is 0.319 e. The van der Waals surface area contributed by atoms with E-state index in [0.717, 1.165) is 19.3 Å². The number of rotatable bonds is 11. The summed E-state index contributed by atoms with van der Waals surface area (Å²) >= 11 is 3.18. The van der Waals surface area contributed by atoms with Crippen molar-refractivity contribution in [1.82, 2.24) is 0 Å². The average molecular weight is 305 g/mol. The van der Waals surface area contributed by atoms with E-state index >= 15 is 0 Å². The molecular formula is C14H25BrO2. The van der Waals surface area contributed by atoms with Gasteiger partial charge in [-0.1, -0.05) is 54.1 Å². The zero-order chi connectivity index (χ0) is 12.9. The van der Waals surface area contributed by atoms with Crippen LogP contribution in [0.5, 0.6) is 0 Å². The first-order valence-corrected chi connectivity index (χ1v) is 7.51. The molecule has 3 heteroatoms. The molecule has 0 saturated heterocycles. The maximum atomic E-state index is 11.1. The van der Waals surface area contributed by atoms with Crippen molar-refractivity contribution in [2.45, 2.75) is 63.1 Å². The molecule has 0 aromatic rings. The van der Waals surface area contributed by atoms with Gasteiger partial charge in [0.1, 0.15) is 4.83 Å². The van der Waals surface area contributed by atoms with Gasteiger partial charge in [-0.3, -0.25) is 4.79 Å². The molecule has 100 valence electrons. The molecule has 0 aliphatic rings. The lowest BCUT2D eigenvalue weighted by atomic mass is 10.1. The average Bonchev–Trinajstić information content (AvgIpc) is 2.31. The van der Waals surface area contributed by atoms with Crippen molar-refractivity contribution in [3.63, 3.8) is 0 Å². The largest absolute Gasteiger partial charge is 0.465 e. The number of alkyl halides is 1. The molecule has 0 rings (SSSR count). The first-order valence-electron chi connectivity index (χ1n) is 6.60. The standard InChI is InChI=1S/C14H25BrO2/c1-3-4-5-6-7-8-9-10-11-12-17-14(16)13(2)15/h3,13H,1,4-12H2,2H3. The summed E-state index contributed by atoms with van der Waals surface area (Å²) in [6, 6.07) is 0. The lowest BCUT2D eigenvalue weighted by Gasteiger charge is -2.05. The minimum absolute atomic E-state index is 0.158. The second kappa shape index (κ2) is 12.2. The monoisotopic (exact) mass is 304 g/mol. The topological polar surface area (TPSA) is 26.3 Å². The number of hydrogen-bond acceptors (Lipinski definition) is 2. The summed E-state index contributed by atoms with van der Waals surface area (Å²) in [5, 5.41) is 0. The van der Waals surface area contributed by atoms with E-state index in [-0.39, 0.29) is 10.8 Å². The minimum Gasteiger partial charge on any atom is -0.465 e. The van der Waals surface area contributed by atoms with Gasteiger partial charge in [0.25, 0.3) is 0 Å². The van der Waals surface area contributed by atoms with Crippen LogP contribution in [-0.2, 0) is 9.53 Å². The molecule has 0 heterocycles. The number of unbranched alkanes of at least 4 members (excludes halogenated alkanes) is 7. The molecule has 1 atom stereocenters. The van der Waals surface area contributed by atoms with Crippen molar-refractivity contribution < 1.29 is 9.53 Å². The Labute approximate surface area is 114 Å². The summed E-state index contributed by atoms with van der Waals surface area (Å²) < 4.78 is 5.07. The molecule has 2 nitrogen and oxygen atoms in total. The molecule has 17 heavy (non-hydrogen) atoms. The Bertz CT molecular complexity index is 202. The zero-order valence-corrected chi connectivity index (χ0v) is 12.5. The maximum Gasteiger partial charge on any atom is 0.319 e. The Morgan fingerprint density at radius 3 is 2.24 bits per heavy atom. The van der Waals surface area contributed by atoms with Crippen LogP contribution in [-0.4, -0.2) is 17.4 Å². The SMILES string of the molecule is C=CCCCCCCCCCOC(=O)C(C)Br. The Balaban J connectivity index is 3.08. The lowest BCUT2D eigenvalue weighted by Crippen LogP contribution is -2.14. The molecule has 0 aromatic carbocycles. The van der Waals surface area contributed by atoms with Crippen LogP contribution in [0.2, 0.25) is 0 Å². The number of ether oxygens (including phenoxy) is 1. The summed E-state index contributed by atoms with van der Waals surface area (Å²) in [6.45, 7) is 6.05. The van der Waals surface area contributed by atoms with Crippen LogP contribution in [0.1, 0.15) is 58.3 Å². The van der Waals surface area contributed by atoms with Gasteiger partial charge in [-0.25, -0.2) is 0 Å². The van der Waals surface area contributed by atoms with Crippen molar-refractivity contribution >= 4 is 21.9 Å². The Morgan fingerprint density at radius 1 is 1.18 bits per heavy atom. The van der Waals surface area contributed by atoms with Crippen LogP contribution in [0, 0.1) is 0 Å². The summed E-state index contributed by atoms with van der Waals surface area (Å²) in [6.07, 6.45) is 11.7. The summed E-state index contributed by atoms with van der Waals surface area (Å²) in [7, 11) is 0. The van der Waals surface area contributed by atoms with Crippen LogP contribution in [0.3, 0.4) is 0 Å². The highest BCUT2D eigenvalue weighted by atomic mass is 79.9.